The number of aromatic nitrogens is 2. The molecule has 0 radical (unpaired) electrons. The Labute approximate surface area is 142 Å². The minimum absolute atomic E-state index is 0.181. The van der Waals surface area contributed by atoms with Crippen molar-refractivity contribution in [1.29, 1.82) is 0 Å². The zero-order chi connectivity index (χ0) is 16.9. The summed E-state index contributed by atoms with van der Waals surface area (Å²) < 4.78 is 12.6. The van der Waals surface area contributed by atoms with Crippen molar-refractivity contribution in [2.24, 2.45) is 7.05 Å². The Bertz CT molecular complexity index is 678. The molecule has 0 spiro atoms. The number of hydrogen-bond acceptors (Lipinski definition) is 5. The molecular formula is C18H23N3O3. The van der Waals surface area contributed by atoms with Crippen LogP contribution >= 0.6 is 0 Å². The van der Waals surface area contributed by atoms with E-state index in [1.807, 2.05) is 37.3 Å². The number of hydrogen-bond donors (Lipinski definition) is 0. The molecule has 128 valence electrons. The molecule has 2 heterocycles. The van der Waals surface area contributed by atoms with Crippen molar-refractivity contribution in [3.05, 3.63) is 42.1 Å². The first-order valence-corrected chi connectivity index (χ1v) is 8.23. The molecule has 1 aromatic carbocycles. The van der Waals surface area contributed by atoms with Crippen molar-refractivity contribution in [1.82, 2.24) is 14.7 Å². The molecule has 1 saturated heterocycles. The first kappa shape index (κ1) is 16.7. The van der Waals surface area contributed by atoms with Gasteiger partial charge >= 0.3 is 5.97 Å². The molecule has 1 aromatic heterocycles. The van der Waals surface area contributed by atoms with Crippen LogP contribution in [0.4, 0.5) is 0 Å². The number of aryl methyl sites for hydroxylation is 1. The van der Waals surface area contributed by atoms with E-state index < -0.39 is 0 Å². The molecule has 0 aliphatic carbocycles. The molecule has 0 N–H and O–H groups in total. The lowest BCUT2D eigenvalue weighted by atomic mass is 10.1. The van der Waals surface area contributed by atoms with E-state index in [4.69, 9.17) is 9.47 Å². The summed E-state index contributed by atoms with van der Waals surface area (Å²) in [5.41, 5.74) is 2.06. The van der Waals surface area contributed by atoms with Crippen LogP contribution in [-0.4, -0.2) is 59.6 Å². The monoisotopic (exact) mass is 329 g/mol. The Morgan fingerprint density at radius 1 is 1.29 bits per heavy atom. The summed E-state index contributed by atoms with van der Waals surface area (Å²) in [4.78, 5) is 14.8. The summed E-state index contributed by atoms with van der Waals surface area (Å²) in [5.74, 6) is -0.331. The van der Waals surface area contributed by atoms with Gasteiger partial charge in [0.2, 0.25) is 0 Å². The number of rotatable bonds is 5. The minimum atomic E-state index is -0.331. The molecule has 6 nitrogen and oxygen atoms in total. The highest BCUT2D eigenvalue weighted by Gasteiger charge is 2.22. The summed E-state index contributed by atoms with van der Waals surface area (Å²) >= 11 is 0. The Balaban J connectivity index is 1.68. The number of esters is 1. The highest BCUT2D eigenvalue weighted by atomic mass is 16.5. The van der Waals surface area contributed by atoms with Gasteiger partial charge in [-0.15, -0.1) is 0 Å². The van der Waals surface area contributed by atoms with Gasteiger partial charge in [0, 0.05) is 38.4 Å². The van der Waals surface area contributed by atoms with Crippen molar-refractivity contribution in [2.75, 3.05) is 32.8 Å². The van der Waals surface area contributed by atoms with Gasteiger partial charge in [0.05, 0.1) is 13.2 Å². The second kappa shape index (κ2) is 7.59. The molecule has 1 aliphatic heterocycles. The van der Waals surface area contributed by atoms with Crippen LogP contribution in [0.2, 0.25) is 0 Å². The first-order valence-electron chi connectivity index (χ1n) is 8.23. The Hall–Kier alpha value is -2.18. The third-order valence-corrected chi connectivity index (χ3v) is 4.02. The normalized spacial score (nSPS) is 16.8. The smallest absolute Gasteiger partial charge is 0.342 e. The van der Waals surface area contributed by atoms with Gasteiger partial charge in [-0.1, -0.05) is 30.3 Å². The SMILES string of the molecule is CC(CN1CCOCC1)OC(=O)c1cn(C)nc1-c1ccccc1. The molecule has 1 aliphatic rings. The van der Waals surface area contributed by atoms with Gasteiger partial charge < -0.3 is 9.47 Å². The third-order valence-electron chi connectivity index (χ3n) is 4.02. The maximum absolute atomic E-state index is 12.6. The van der Waals surface area contributed by atoms with Gasteiger partial charge in [0.25, 0.3) is 0 Å². The summed E-state index contributed by atoms with van der Waals surface area (Å²) in [5, 5.41) is 4.41. The molecule has 2 aromatic rings. The highest BCUT2D eigenvalue weighted by molar-refractivity contribution is 5.96. The number of morpholine rings is 1. The fourth-order valence-electron chi connectivity index (χ4n) is 2.88. The van der Waals surface area contributed by atoms with Crippen LogP contribution in [0.5, 0.6) is 0 Å². The minimum Gasteiger partial charge on any atom is -0.458 e. The van der Waals surface area contributed by atoms with Crippen LogP contribution in [0, 0.1) is 0 Å². The topological polar surface area (TPSA) is 56.6 Å². The second-order valence-corrected chi connectivity index (χ2v) is 6.06. The van der Waals surface area contributed by atoms with Crippen LogP contribution in [-0.2, 0) is 16.5 Å². The molecule has 0 saturated carbocycles. The van der Waals surface area contributed by atoms with Gasteiger partial charge in [0.1, 0.15) is 17.4 Å². The van der Waals surface area contributed by atoms with E-state index in [9.17, 15) is 4.79 Å². The maximum Gasteiger partial charge on any atom is 0.342 e. The first-order chi connectivity index (χ1) is 11.6. The van der Waals surface area contributed by atoms with E-state index in [1.54, 1.807) is 17.9 Å². The number of benzene rings is 1. The summed E-state index contributed by atoms with van der Waals surface area (Å²) in [6.07, 6.45) is 1.53. The summed E-state index contributed by atoms with van der Waals surface area (Å²) in [7, 11) is 1.81. The lowest BCUT2D eigenvalue weighted by Gasteiger charge is -2.28. The molecule has 3 rings (SSSR count). The standard InChI is InChI=1S/C18H23N3O3/c1-14(12-21-8-10-23-11-9-21)24-18(22)16-13-20(2)19-17(16)15-6-4-3-5-7-15/h3-7,13-14H,8-12H2,1-2H3. The van der Waals surface area contributed by atoms with E-state index in [2.05, 4.69) is 10.00 Å². The van der Waals surface area contributed by atoms with Crippen molar-refractivity contribution in [3.8, 4) is 11.3 Å². The maximum atomic E-state index is 12.6. The molecule has 0 bridgehead atoms. The van der Waals surface area contributed by atoms with Crippen LogP contribution in [0.1, 0.15) is 17.3 Å². The number of nitrogens with zero attached hydrogens (tertiary/aromatic N) is 3. The lowest BCUT2D eigenvalue weighted by molar-refractivity contribution is 0.000487. The van der Waals surface area contributed by atoms with Gasteiger partial charge in [-0.2, -0.15) is 5.10 Å². The third kappa shape index (κ3) is 4.01. The van der Waals surface area contributed by atoms with Crippen molar-refractivity contribution < 1.29 is 14.3 Å². The predicted octanol–water partition coefficient (Wildman–Crippen LogP) is 1.96. The fraction of sp³-hybridized carbons (Fsp3) is 0.444. The van der Waals surface area contributed by atoms with Gasteiger partial charge in [-0.25, -0.2) is 4.79 Å². The average molecular weight is 329 g/mol. The van der Waals surface area contributed by atoms with Crippen molar-refractivity contribution in [3.63, 3.8) is 0 Å². The quantitative estimate of drug-likeness (QED) is 0.785. The van der Waals surface area contributed by atoms with Crippen molar-refractivity contribution in [2.45, 2.75) is 13.0 Å². The van der Waals surface area contributed by atoms with E-state index in [-0.39, 0.29) is 12.1 Å². The highest BCUT2D eigenvalue weighted by Crippen LogP contribution is 2.22. The van der Waals surface area contributed by atoms with Gasteiger partial charge in [0.15, 0.2) is 0 Å². The number of carbonyl (C=O) groups excluding carboxylic acids is 1. The Morgan fingerprint density at radius 2 is 2.00 bits per heavy atom. The molecule has 0 amide bonds. The Kier molecular flexibility index (Phi) is 5.27. The molecule has 1 unspecified atom stereocenters. The second-order valence-electron chi connectivity index (χ2n) is 6.06. The van der Waals surface area contributed by atoms with Crippen molar-refractivity contribution >= 4 is 5.97 Å². The molecule has 1 fully saturated rings. The van der Waals surface area contributed by atoms with E-state index in [0.717, 1.165) is 38.4 Å². The lowest BCUT2D eigenvalue weighted by Crippen LogP contribution is -2.41. The van der Waals surface area contributed by atoms with E-state index in [0.29, 0.717) is 11.3 Å². The number of carbonyl (C=O) groups is 1. The van der Waals surface area contributed by atoms with E-state index >= 15 is 0 Å². The summed E-state index contributed by atoms with van der Waals surface area (Å²) in [6.45, 7) is 5.87. The van der Waals surface area contributed by atoms with Crippen LogP contribution in [0.25, 0.3) is 11.3 Å². The van der Waals surface area contributed by atoms with Gasteiger partial charge in [-0.05, 0) is 6.92 Å². The Morgan fingerprint density at radius 3 is 2.71 bits per heavy atom. The summed E-state index contributed by atoms with van der Waals surface area (Å²) in [6, 6.07) is 9.68. The largest absolute Gasteiger partial charge is 0.458 e. The number of ether oxygens (including phenoxy) is 2. The predicted molar refractivity (Wildman–Crippen MR) is 90.8 cm³/mol. The van der Waals surface area contributed by atoms with E-state index in [1.165, 1.54) is 0 Å². The van der Waals surface area contributed by atoms with Crippen LogP contribution in [0.15, 0.2) is 36.5 Å². The zero-order valence-corrected chi connectivity index (χ0v) is 14.1. The van der Waals surface area contributed by atoms with Crippen LogP contribution < -0.4 is 0 Å². The van der Waals surface area contributed by atoms with Crippen LogP contribution in [0.3, 0.4) is 0 Å². The fourth-order valence-corrected chi connectivity index (χ4v) is 2.88. The van der Waals surface area contributed by atoms with Gasteiger partial charge in [-0.3, -0.25) is 9.58 Å². The molecule has 6 heteroatoms. The molecule has 1 atom stereocenters. The molecular weight excluding hydrogens is 306 g/mol. The zero-order valence-electron chi connectivity index (χ0n) is 14.1. The average Bonchev–Trinajstić information content (AvgIpc) is 2.98. The molecule has 24 heavy (non-hydrogen) atoms.